The summed E-state index contributed by atoms with van der Waals surface area (Å²) in [5.74, 6) is 1.75. The van der Waals surface area contributed by atoms with Gasteiger partial charge in [0.25, 0.3) is 0 Å². The molecule has 0 saturated heterocycles. The Bertz CT molecular complexity index is 490. The summed E-state index contributed by atoms with van der Waals surface area (Å²) in [5.41, 5.74) is 2.21. The third-order valence-corrected chi connectivity index (χ3v) is 2.35. The second-order valence-electron chi connectivity index (χ2n) is 3.38. The Morgan fingerprint density at radius 2 is 2.36 bits per heavy atom. The molecule has 0 N–H and O–H groups in total. The molecule has 4 heteroatoms. The van der Waals surface area contributed by atoms with Gasteiger partial charge in [0.1, 0.15) is 18.7 Å². The molecule has 70 valence electrons. The molecule has 0 amide bonds. The monoisotopic (exact) mass is 187 g/mol. The van der Waals surface area contributed by atoms with Gasteiger partial charge >= 0.3 is 0 Å². The van der Waals surface area contributed by atoms with Gasteiger partial charge in [0, 0.05) is 0 Å². The summed E-state index contributed by atoms with van der Waals surface area (Å²) < 4.78 is 7.52. The van der Waals surface area contributed by atoms with E-state index >= 15 is 0 Å². The lowest BCUT2D eigenvalue weighted by molar-refractivity contribution is 0.279. The molecule has 2 aromatic rings. The normalized spacial score (nSPS) is 12.9. The van der Waals surface area contributed by atoms with Gasteiger partial charge in [-0.3, -0.25) is 4.57 Å². The van der Waals surface area contributed by atoms with Crippen molar-refractivity contribution in [3.05, 3.63) is 35.9 Å². The summed E-state index contributed by atoms with van der Waals surface area (Å²) >= 11 is 0. The third-order valence-electron chi connectivity index (χ3n) is 2.35. The molecule has 0 atom stereocenters. The average Bonchev–Trinajstić information content (AvgIpc) is 2.65. The average molecular weight is 187 g/mol. The fourth-order valence-electron chi connectivity index (χ4n) is 1.64. The minimum absolute atomic E-state index is 0.496. The van der Waals surface area contributed by atoms with Crippen LogP contribution in [-0.2, 0) is 6.61 Å². The number of benzene rings is 1. The Morgan fingerprint density at radius 1 is 1.43 bits per heavy atom. The van der Waals surface area contributed by atoms with Crippen molar-refractivity contribution in [1.82, 2.24) is 14.8 Å². The molecule has 0 fully saturated rings. The number of rotatable bonds is 0. The van der Waals surface area contributed by atoms with Crippen LogP contribution < -0.4 is 4.74 Å². The molecule has 0 unspecified atom stereocenters. The van der Waals surface area contributed by atoms with Crippen molar-refractivity contribution >= 4 is 0 Å². The predicted molar refractivity (Wildman–Crippen MR) is 50.4 cm³/mol. The van der Waals surface area contributed by atoms with Gasteiger partial charge < -0.3 is 4.74 Å². The topological polar surface area (TPSA) is 39.9 Å². The van der Waals surface area contributed by atoms with E-state index in [1.54, 1.807) is 6.33 Å². The highest BCUT2D eigenvalue weighted by Crippen LogP contribution is 2.29. The number of aryl methyl sites for hydroxylation is 1. The van der Waals surface area contributed by atoms with Crippen molar-refractivity contribution in [1.29, 1.82) is 0 Å². The minimum Gasteiger partial charge on any atom is -0.483 e. The second-order valence-corrected chi connectivity index (χ2v) is 3.38. The molecule has 0 aliphatic carbocycles. The smallest absolute Gasteiger partial charge is 0.175 e. The summed E-state index contributed by atoms with van der Waals surface area (Å²) in [6.45, 7) is 2.54. The molecular weight excluding hydrogens is 178 g/mol. The van der Waals surface area contributed by atoms with E-state index in [0.717, 1.165) is 17.3 Å². The molecule has 0 saturated carbocycles. The van der Waals surface area contributed by atoms with Crippen molar-refractivity contribution < 1.29 is 4.74 Å². The summed E-state index contributed by atoms with van der Waals surface area (Å²) in [4.78, 5) is 0. The standard InChI is InChI=1S/C10H9N3O/c1-7-2-3-8-9(4-7)14-5-10-12-11-6-13(8)10/h2-4,6H,5H2,1H3. The zero-order valence-electron chi connectivity index (χ0n) is 7.77. The molecule has 1 aromatic carbocycles. The van der Waals surface area contributed by atoms with E-state index in [1.165, 1.54) is 5.56 Å². The maximum Gasteiger partial charge on any atom is 0.175 e. The lowest BCUT2D eigenvalue weighted by Gasteiger charge is -2.18. The van der Waals surface area contributed by atoms with Crippen LogP contribution in [0.25, 0.3) is 5.69 Å². The molecule has 0 bridgehead atoms. The minimum atomic E-state index is 0.496. The molecule has 2 heterocycles. The molecular formula is C10H9N3O. The highest BCUT2D eigenvalue weighted by molar-refractivity contribution is 5.50. The summed E-state index contributed by atoms with van der Waals surface area (Å²) in [5, 5.41) is 7.82. The Balaban J connectivity index is 2.26. The fourth-order valence-corrected chi connectivity index (χ4v) is 1.64. The van der Waals surface area contributed by atoms with Crippen molar-refractivity contribution in [3.8, 4) is 11.4 Å². The number of hydrogen-bond donors (Lipinski definition) is 0. The third kappa shape index (κ3) is 0.937. The van der Waals surface area contributed by atoms with Crippen molar-refractivity contribution in [2.24, 2.45) is 0 Å². The van der Waals surface area contributed by atoms with Crippen LogP contribution in [-0.4, -0.2) is 14.8 Å². The van der Waals surface area contributed by atoms with Crippen molar-refractivity contribution in [3.63, 3.8) is 0 Å². The zero-order chi connectivity index (χ0) is 9.54. The van der Waals surface area contributed by atoms with Crippen molar-refractivity contribution in [2.45, 2.75) is 13.5 Å². The maximum atomic E-state index is 5.57. The van der Waals surface area contributed by atoms with Gasteiger partial charge in [-0.25, -0.2) is 0 Å². The molecule has 1 aliphatic heterocycles. The maximum absolute atomic E-state index is 5.57. The van der Waals surface area contributed by atoms with E-state index in [-0.39, 0.29) is 0 Å². The van der Waals surface area contributed by atoms with E-state index in [0.29, 0.717) is 6.61 Å². The number of nitrogens with zero attached hydrogens (tertiary/aromatic N) is 3. The molecule has 3 rings (SSSR count). The Hall–Kier alpha value is -1.84. The number of fused-ring (bicyclic) bond motifs is 3. The van der Waals surface area contributed by atoms with E-state index < -0.39 is 0 Å². The lowest BCUT2D eigenvalue weighted by atomic mass is 10.2. The Morgan fingerprint density at radius 3 is 3.29 bits per heavy atom. The summed E-state index contributed by atoms with van der Waals surface area (Å²) in [6.07, 6.45) is 1.71. The van der Waals surface area contributed by atoms with Crippen LogP contribution in [0, 0.1) is 6.92 Å². The van der Waals surface area contributed by atoms with Crippen LogP contribution >= 0.6 is 0 Å². The Labute approximate surface area is 81.2 Å². The number of hydrogen-bond acceptors (Lipinski definition) is 3. The quantitative estimate of drug-likeness (QED) is 0.627. The van der Waals surface area contributed by atoms with Crippen LogP contribution in [0.4, 0.5) is 0 Å². The van der Waals surface area contributed by atoms with Gasteiger partial charge in [0.2, 0.25) is 0 Å². The van der Waals surface area contributed by atoms with Gasteiger partial charge in [-0.2, -0.15) is 0 Å². The SMILES string of the molecule is Cc1ccc2c(c1)OCc1nncn1-2. The highest BCUT2D eigenvalue weighted by Gasteiger charge is 2.17. The van der Waals surface area contributed by atoms with Crippen LogP contribution in [0.5, 0.6) is 5.75 Å². The van der Waals surface area contributed by atoms with Gasteiger partial charge in [0.05, 0.1) is 5.69 Å². The van der Waals surface area contributed by atoms with Gasteiger partial charge in [0.15, 0.2) is 5.82 Å². The second kappa shape index (κ2) is 2.57. The van der Waals surface area contributed by atoms with Gasteiger partial charge in [-0.05, 0) is 24.6 Å². The number of ether oxygens (including phenoxy) is 1. The zero-order valence-corrected chi connectivity index (χ0v) is 7.77. The first-order valence-corrected chi connectivity index (χ1v) is 4.47. The first-order chi connectivity index (χ1) is 6.84. The lowest BCUT2D eigenvalue weighted by Crippen LogP contribution is -2.12. The van der Waals surface area contributed by atoms with Crippen LogP contribution in [0.1, 0.15) is 11.4 Å². The Kier molecular flexibility index (Phi) is 1.39. The highest BCUT2D eigenvalue weighted by atomic mass is 16.5. The summed E-state index contributed by atoms with van der Waals surface area (Å²) in [7, 11) is 0. The van der Waals surface area contributed by atoms with E-state index in [2.05, 4.69) is 16.3 Å². The molecule has 0 spiro atoms. The first-order valence-electron chi connectivity index (χ1n) is 4.47. The van der Waals surface area contributed by atoms with E-state index in [1.807, 2.05) is 23.6 Å². The number of aromatic nitrogens is 3. The predicted octanol–water partition coefficient (Wildman–Crippen LogP) is 1.47. The molecule has 0 radical (unpaired) electrons. The van der Waals surface area contributed by atoms with Gasteiger partial charge in [-0.15, -0.1) is 10.2 Å². The van der Waals surface area contributed by atoms with E-state index in [4.69, 9.17) is 4.74 Å². The molecule has 14 heavy (non-hydrogen) atoms. The fraction of sp³-hybridized carbons (Fsp3) is 0.200. The van der Waals surface area contributed by atoms with Crippen molar-refractivity contribution in [2.75, 3.05) is 0 Å². The van der Waals surface area contributed by atoms with Crippen LogP contribution in [0.3, 0.4) is 0 Å². The van der Waals surface area contributed by atoms with Crippen LogP contribution in [0.15, 0.2) is 24.5 Å². The molecule has 1 aliphatic rings. The first kappa shape index (κ1) is 7.55. The van der Waals surface area contributed by atoms with Crippen LogP contribution in [0.2, 0.25) is 0 Å². The summed E-state index contributed by atoms with van der Waals surface area (Å²) in [6, 6.07) is 6.10. The van der Waals surface area contributed by atoms with E-state index in [9.17, 15) is 0 Å². The molecule has 1 aromatic heterocycles. The molecule has 4 nitrogen and oxygen atoms in total. The largest absolute Gasteiger partial charge is 0.483 e. The van der Waals surface area contributed by atoms with Gasteiger partial charge in [-0.1, -0.05) is 6.07 Å².